The van der Waals surface area contributed by atoms with Crippen molar-refractivity contribution in [2.24, 2.45) is 5.92 Å². The third-order valence-electron chi connectivity index (χ3n) is 2.35. The van der Waals surface area contributed by atoms with Gasteiger partial charge in [-0.25, -0.2) is 0 Å². The molecule has 1 aliphatic rings. The van der Waals surface area contributed by atoms with Crippen molar-refractivity contribution < 1.29 is 14.7 Å². The maximum Gasteiger partial charge on any atom is 0.308 e. The highest BCUT2D eigenvalue weighted by Crippen LogP contribution is 2.18. The molecule has 0 aromatic carbocycles. The van der Waals surface area contributed by atoms with Crippen LogP contribution in [0.25, 0.3) is 0 Å². The Morgan fingerprint density at radius 1 is 1.69 bits per heavy atom. The standard InChI is InChI=1S/C9H15NO3/c1-2-3-4-10-6-7(9(12)13)5-8(10)11/h7H,2-6H2,1H3,(H,12,13)/t7-/m0/s1. The van der Waals surface area contributed by atoms with Crippen LogP contribution in [-0.2, 0) is 9.59 Å². The van der Waals surface area contributed by atoms with Crippen LogP contribution in [0.15, 0.2) is 0 Å². The number of carboxylic acid groups (broad SMARTS) is 1. The zero-order valence-corrected chi connectivity index (χ0v) is 7.82. The first-order valence-corrected chi connectivity index (χ1v) is 4.65. The lowest BCUT2D eigenvalue weighted by molar-refractivity contribution is -0.141. The van der Waals surface area contributed by atoms with Crippen LogP contribution in [0.1, 0.15) is 26.2 Å². The lowest BCUT2D eigenvalue weighted by atomic mass is 10.1. The Labute approximate surface area is 77.5 Å². The Bertz CT molecular complexity index is 215. The van der Waals surface area contributed by atoms with Crippen LogP contribution in [-0.4, -0.2) is 35.0 Å². The molecule has 0 aromatic rings. The number of carbonyl (C=O) groups is 2. The monoisotopic (exact) mass is 185 g/mol. The van der Waals surface area contributed by atoms with Crippen LogP contribution in [0.4, 0.5) is 0 Å². The molecule has 0 spiro atoms. The van der Waals surface area contributed by atoms with Gasteiger partial charge in [0.15, 0.2) is 0 Å². The molecule has 0 bridgehead atoms. The van der Waals surface area contributed by atoms with Crippen molar-refractivity contribution >= 4 is 11.9 Å². The lowest BCUT2D eigenvalue weighted by Crippen LogP contribution is -2.27. The molecule has 1 amide bonds. The Balaban J connectivity index is 2.42. The summed E-state index contributed by atoms with van der Waals surface area (Å²) in [6, 6.07) is 0. The third-order valence-corrected chi connectivity index (χ3v) is 2.35. The second-order valence-corrected chi connectivity index (χ2v) is 3.43. The van der Waals surface area contributed by atoms with E-state index in [2.05, 4.69) is 6.92 Å². The summed E-state index contributed by atoms with van der Waals surface area (Å²) in [5, 5.41) is 8.70. The number of aliphatic carboxylic acids is 1. The average Bonchev–Trinajstić information content (AvgIpc) is 2.44. The molecule has 1 rings (SSSR count). The van der Waals surface area contributed by atoms with Crippen LogP contribution < -0.4 is 0 Å². The highest BCUT2D eigenvalue weighted by atomic mass is 16.4. The quantitative estimate of drug-likeness (QED) is 0.702. The van der Waals surface area contributed by atoms with Gasteiger partial charge in [0.25, 0.3) is 0 Å². The molecule has 4 nitrogen and oxygen atoms in total. The number of rotatable bonds is 4. The van der Waals surface area contributed by atoms with Crippen molar-refractivity contribution in [2.45, 2.75) is 26.2 Å². The molecule has 1 atom stereocenters. The molecule has 13 heavy (non-hydrogen) atoms. The van der Waals surface area contributed by atoms with Gasteiger partial charge in [-0.05, 0) is 6.42 Å². The minimum Gasteiger partial charge on any atom is -0.481 e. The molecule has 4 heteroatoms. The van der Waals surface area contributed by atoms with Crippen LogP contribution in [0.3, 0.4) is 0 Å². The van der Waals surface area contributed by atoms with Gasteiger partial charge in [0.05, 0.1) is 5.92 Å². The Morgan fingerprint density at radius 2 is 2.38 bits per heavy atom. The highest BCUT2D eigenvalue weighted by molar-refractivity contribution is 5.86. The topological polar surface area (TPSA) is 57.6 Å². The molecule has 1 saturated heterocycles. The Kier molecular flexibility index (Phi) is 3.28. The summed E-state index contributed by atoms with van der Waals surface area (Å²) in [6.07, 6.45) is 2.17. The first-order valence-electron chi connectivity index (χ1n) is 4.65. The van der Waals surface area contributed by atoms with Gasteiger partial charge in [0, 0.05) is 19.5 Å². The second-order valence-electron chi connectivity index (χ2n) is 3.43. The van der Waals surface area contributed by atoms with E-state index in [9.17, 15) is 9.59 Å². The minimum absolute atomic E-state index is 0.0131. The predicted molar refractivity (Wildman–Crippen MR) is 47.2 cm³/mol. The summed E-state index contributed by atoms with van der Waals surface area (Å²) in [5.74, 6) is -1.35. The zero-order chi connectivity index (χ0) is 9.84. The predicted octanol–water partition coefficient (Wildman–Crippen LogP) is 0.720. The number of hydrogen-bond acceptors (Lipinski definition) is 2. The third kappa shape index (κ3) is 2.44. The molecule has 0 unspecified atom stereocenters. The van der Waals surface area contributed by atoms with E-state index in [1.54, 1.807) is 4.90 Å². The van der Waals surface area contributed by atoms with Crippen LogP contribution in [0.2, 0.25) is 0 Å². The molecule has 1 aliphatic heterocycles. The van der Waals surface area contributed by atoms with Crippen molar-refractivity contribution in [3.05, 3.63) is 0 Å². The SMILES string of the molecule is CCCCN1C[C@@H](C(=O)O)CC1=O. The van der Waals surface area contributed by atoms with E-state index < -0.39 is 11.9 Å². The molecule has 1 N–H and O–H groups in total. The van der Waals surface area contributed by atoms with E-state index in [0.717, 1.165) is 12.8 Å². The van der Waals surface area contributed by atoms with Gasteiger partial charge < -0.3 is 10.0 Å². The highest BCUT2D eigenvalue weighted by Gasteiger charge is 2.33. The largest absolute Gasteiger partial charge is 0.481 e. The molecular weight excluding hydrogens is 170 g/mol. The average molecular weight is 185 g/mol. The lowest BCUT2D eigenvalue weighted by Gasteiger charge is -2.14. The van der Waals surface area contributed by atoms with Crippen molar-refractivity contribution in [3.63, 3.8) is 0 Å². The molecule has 1 heterocycles. The van der Waals surface area contributed by atoms with Gasteiger partial charge in [-0.1, -0.05) is 13.3 Å². The van der Waals surface area contributed by atoms with Crippen molar-refractivity contribution in [1.29, 1.82) is 0 Å². The first-order chi connectivity index (χ1) is 6.15. The first kappa shape index (κ1) is 10.0. The summed E-state index contributed by atoms with van der Waals surface area (Å²) in [5.41, 5.74) is 0. The van der Waals surface area contributed by atoms with E-state index in [-0.39, 0.29) is 12.3 Å². The maximum absolute atomic E-state index is 11.3. The van der Waals surface area contributed by atoms with Gasteiger partial charge in [0.2, 0.25) is 5.91 Å². The Hall–Kier alpha value is -1.06. The summed E-state index contributed by atoms with van der Waals surface area (Å²) in [4.78, 5) is 23.5. The van der Waals surface area contributed by atoms with Gasteiger partial charge in [-0.15, -0.1) is 0 Å². The number of amides is 1. The van der Waals surface area contributed by atoms with Gasteiger partial charge in [0.1, 0.15) is 0 Å². The normalized spacial score (nSPS) is 22.4. The van der Waals surface area contributed by atoms with E-state index in [4.69, 9.17) is 5.11 Å². The number of unbranched alkanes of at least 4 members (excludes halogenated alkanes) is 1. The van der Waals surface area contributed by atoms with Crippen molar-refractivity contribution in [1.82, 2.24) is 4.90 Å². The Morgan fingerprint density at radius 3 is 2.85 bits per heavy atom. The molecule has 0 saturated carbocycles. The van der Waals surface area contributed by atoms with Gasteiger partial charge in [-0.3, -0.25) is 9.59 Å². The number of hydrogen-bond donors (Lipinski definition) is 1. The number of carbonyl (C=O) groups excluding carboxylic acids is 1. The molecule has 0 aromatic heterocycles. The van der Waals surface area contributed by atoms with Gasteiger partial charge >= 0.3 is 5.97 Å². The molecular formula is C9H15NO3. The summed E-state index contributed by atoms with van der Waals surface area (Å²) in [6.45, 7) is 3.16. The van der Waals surface area contributed by atoms with Crippen molar-refractivity contribution in [3.8, 4) is 0 Å². The van der Waals surface area contributed by atoms with Gasteiger partial charge in [-0.2, -0.15) is 0 Å². The van der Waals surface area contributed by atoms with E-state index in [0.29, 0.717) is 13.1 Å². The number of carboxylic acids is 1. The van der Waals surface area contributed by atoms with Crippen LogP contribution in [0.5, 0.6) is 0 Å². The maximum atomic E-state index is 11.3. The molecule has 0 radical (unpaired) electrons. The summed E-state index contributed by atoms with van der Waals surface area (Å²) < 4.78 is 0. The molecule has 74 valence electrons. The number of nitrogens with zero attached hydrogens (tertiary/aromatic N) is 1. The van der Waals surface area contributed by atoms with Crippen molar-refractivity contribution in [2.75, 3.05) is 13.1 Å². The fourth-order valence-corrected chi connectivity index (χ4v) is 1.50. The summed E-state index contributed by atoms with van der Waals surface area (Å²) >= 11 is 0. The summed E-state index contributed by atoms with van der Waals surface area (Å²) in [7, 11) is 0. The smallest absolute Gasteiger partial charge is 0.308 e. The van der Waals surface area contributed by atoms with Crippen LogP contribution >= 0.6 is 0 Å². The van der Waals surface area contributed by atoms with E-state index in [1.807, 2.05) is 0 Å². The minimum atomic E-state index is -0.854. The van der Waals surface area contributed by atoms with Crippen LogP contribution in [0, 0.1) is 5.92 Å². The molecule has 1 fully saturated rings. The second kappa shape index (κ2) is 4.25. The fourth-order valence-electron chi connectivity index (χ4n) is 1.50. The zero-order valence-electron chi connectivity index (χ0n) is 7.82. The number of likely N-dealkylation sites (tertiary alicyclic amines) is 1. The van der Waals surface area contributed by atoms with E-state index >= 15 is 0 Å². The fraction of sp³-hybridized carbons (Fsp3) is 0.778. The van der Waals surface area contributed by atoms with E-state index in [1.165, 1.54) is 0 Å². The molecule has 0 aliphatic carbocycles.